The van der Waals surface area contributed by atoms with Crippen molar-refractivity contribution in [2.45, 2.75) is 25.6 Å². The smallest absolute Gasteiger partial charge is 0.314 e. The summed E-state index contributed by atoms with van der Waals surface area (Å²) in [5.41, 5.74) is -0.123. The highest BCUT2D eigenvalue weighted by atomic mass is 35.5. The Bertz CT molecular complexity index is 723. The number of benzene rings is 1. The van der Waals surface area contributed by atoms with E-state index in [2.05, 4.69) is 23.2 Å². The number of alkyl halides is 3. The van der Waals surface area contributed by atoms with Crippen molar-refractivity contribution in [3.63, 3.8) is 0 Å². The van der Waals surface area contributed by atoms with Crippen LogP contribution in [0, 0.1) is 0 Å². The summed E-state index contributed by atoms with van der Waals surface area (Å²) in [6.45, 7) is 5.26. The van der Waals surface area contributed by atoms with Gasteiger partial charge in [0.1, 0.15) is 0 Å². The Balaban J connectivity index is 2.07. The molecule has 2 aromatic rings. The molecule has 3 rings (SSSR count). The van der Waals surface area contributed by atoms with Crippen LogP contribution in [-0.4, -0.2) is 31.1 Å². The van der Waals surface area contributed by atoms with E-state index in [4.69, 9.17) is 11.6 Å². The standard InChI is InChI=1S/C18H20ClF3N2S/c1-2-13-4-6-16(25-13)17(24-9-7-23-8-10-24)14-11-12(18(20,21)22)3-5-15(14)19/h3-6,11,17,23H,2,7-10H2,1H3. The molecule has 1 unspecified atom stereocenters. The molecule has 7 heteroatoms. The Labute approximate surface area is 154 Å². The van der Waals surface area contributed by atoms with Gasteiger partial charge in [0.25, 0.3) is 0 Å². The van der Waals surface area contributed by atoms with Gasteiger partial charge in [0, 0.05) is 41.0 Å². The number of nitrogens with one attached hydrogen (secondary N) is 1. The molecule has 136 valence electrons. The predicted octanol–water partition coefficient (Wildman–Crippen LogP) is 4.98. The van der Waals surface area contributed by atoms with Crippen molar-refractivity contribution >= 4 is 22.9 Å². The minimum atomic E-state index is -4.38. The number of nitrogens with zero attached hydrogens (tertiary/aromatic N) is 1. The lowest BCUT2D eigenvalue weighted by Gasteiger charge is -2.35. The second-order valence-electron chi connectivity index (χ2n) is 6.08. The molecule has 1 N–H and O–H groups in total. The lowest BCUT2D eigenvalue weighted by Crippen LogP contribution is -2.45. The first-order valence-electron chi connectivity index (χ1n) is 8.30. The summed E-state index contributed by atoms with van der Waals surface area (Å²) in [6.07, 6.45) is -3.47. The molecule has 25 heavy (non-hydrogen) atoms. The van der Waals surface area contributed by atoms with Crippen LogP contribution in [0.15, 0.2) is 30.3 Å². The fraction of sp³-hybridized carbons (Fsp3) is 0.444. The monoisotopic (exact) mass is 388 g/mol. The van der Waals surface area contributed by atoms with E-state index in [-0.39, 0.29) is 6.04 Å². The van der Waals surface area contributed by atoms with Gasteiger partial charge >= 0.3 is 6.18 Å². The van der Waals surface area contributed by atoms with Crippen molar-refractivity contribution in [3.05, 3.63) is 56.2 Å². The van der Waals surface area contributed by atoms with Crippen LogP contribution in [0.4, 0.5) is 13.2 Å². The third kappa shape index (κ3) is 4.19. The first-order chi connectivity index (χ1) is 11.9. The van der Waals surface area contributed by atoms with Gasteiger partial charge in [-0.15, -0.1) is 11.3 Å². The van der Waals surface area contributed by atoms with Crippen LogP contribution >= 0.6 is 22.9 Å². The summed E-state index contributed by atoms with van der Waals surface area (Å²) in [4.78, 5) is 4.47. The zero-order valence-electron chi connectivity index (χ0n) is 13.9. The average Bonchev–Trinajstić information content (AvgIpc) is 3.05. The van der Waals surface area contributed by atoms with E-state index in [1.54, 1.807) is 11.3 Å². The molecule has 0 aliphatic carbocycles. The number of halogens is 4. The van der Waals surface area contributed by atoms with Crippen LogP contribution in [0.5, 0.6) is 0 Å². The minimum absolute atomic E-state index is 0.248. The molecule has 0 bridgehead atoms. The summed E-state index contributed by atoms with van der Waals surface area (Å²) in [5, 5.41) is 3.67. The van der Waals surface area contributed by atoms with Crippen molar-refractivity contribution in [1.29, 1.82) is 0 Å². The maximum atomic E-state index is 13.2. The third-order valence-electron chi connectivity index (χ3n) is 4.44. The molecule has 2 nitrogen and oxygen atoms in total. The molecule has 1 aliphatic heterocycles. The van der Waals surface area contributed by atoms with E-state index < -0.39 is 11.7 Å². The highest BCUT2D eigenvalue weighted by Gasteiger charge is 2.33. The molecule has 1 saturated heterocycles. The number of hydrogen-bond acceptors (Lipinski definition) is 3. The molecule has 0 saturated carbocycles. The van der Waals surface area contributed by atoms with Gasteiger partial charge in [0.05, 0.1) is 11.6 Å². The van der Waals surface area contributed by atoms with Crippen LogP contribution in [0.25, 0.3) is 0 Å². The van der Waals surface area contributed by atoms with Gasteiger partial charge in [0.2, 0.25) is 0 Å². The third-order valence-corrected chi connectivity index (χ3v) is 6.06. The van der Waals surface area contributed by atoms with Gasteiger partial charge in [-0.1, -0.05) is 18.5 Å². The second-order valence-corrected chi connectivity index (χ2v) is 7.69. The van der Waals surface area contributed by atoms with E-state index in [1.807, 2.05) is 6.07 Å². The highest BCUT2D eigenvalue weighted by molar-refractivity contribution is 7.12. The fourth-order valence-corrected chi connectivity index (χ4v) is 4.46. The predicted molar refractivity (Wildman–Crippen MR) is 96.4 cm³/mol. The fourth-order valence-electron chi connectivity index (χ4n) is 3.13. The Kier molecular flexibility index (Phi) is 5.73. The summed E-state index contributed by atoms with van der Waals surface area (Å²) in [6, 6.07) is 7.45. The van der Waals surface area contributed by atoms with Gasteiger partial charge in [-0.3, -0.25) is 4.90 Å². The highest BCUT2D eigenvalue weighted by Crippen LogP contribution is 2.40. The molecule has 1 fully saturated rings. The Morgan fingerprint density at radius 1 is 1.20 bits per heavy atom. The van der Waals surface area contributed by atoms with Gasteiger partial charge < -0.3 is 5.32 Å². The molecular weight excluding hydrogens is 369 g/mol. The zero-order valence-corrected chi connectivity index (χ0v) is 15.4. The van der Waals surface area contributed by atoms with Crippen molar-refractivity contribution in [1.82, 2.24) is 10.2 Å². The van der Waals surface area contributed by atoms with Gasteiger partial charge in [-0.05, 0) is 42.3 Å². The maximum Gasteiger partial charge on any atom is 0.416 e. The van der Waals surface area contributed by atoms with Crippen molar-refractivity contribution < 1.29 is 13.2 Å². The quantitative estimate of drug-likeness (QED) is 0.794. The normalized spacial score (nSPS) is 17.6. The lowest BCUT2D eigenvalue weighted by atomic mass is 10.00. The number of piperazine rings is 1. The largest absolute Gasteiger partial charge is 0.416 e. The molecule has 0 spiro atoms. The first-order valence-corrected chi connectivity index (χ1v) is 9.49. The van der Waals surface area contributed by atoms with Crippen LogP contribution < -0.4 is 5.32 Å². The van der Waals surface area contributed by atoms with E-state index in [0.29, 0.717) is 10.6 Å². The van der Waals surface area contributed by atoms with Crippen LogP contribution in [-0.2, 0) is 12.6 Å². The molecular formula is C18H20ClF3N2S. The van der Waals surface area contributed by atoms with Gasteiger partial charge in [-0.25, -0.2) is 0 Å². The van der Waals surface area contributed by atoms with Crippen LogP contribution in [0.1, 0.15) is 33.8 Å². The second kappa shape index (κ2) is 7.66. The van der Waals surface area contributed by atoms with Crippen LogP contribution in [0.3, 0.4) is 0 Å². The molecule has 1 aliphatic rings. The number of hydrogen-bond donors (Lipinski definition) is 1. The van der Waals surface area contributed by atoms with Crippen molar-refractivity contribution in [3.8, 4) is 0 Å². The summed E-state index contributed by atoms with van der Waals surface area (Å²) >= 11 is 8.00. The SMILES string of the molecule is CCc1ccc(C(c2cc(C(F)(F)F)ccc2Cl)N2CCNCC2)s1. The molecule has 0 radical (unpaired) electrons. The topological polar surface area (TPSA) is 15.3 Å². The molecule has 1 atom stereocenters. The Morgan fingerprint density at radius 3 is 2.52 bits per heavy atom. The maximum absolute atomic E-state index is 13.2. The van der Waals surface area contributed by atoms with E-state index in [9.17, 15) is 13.2 Å². The zero-order chi connectivity index (χ0) is 18.0. The van der Waals surface area contributed by atoms with Gasteiger partial charge in [0.15, 0.2) is 0 Å². The lowest BCUT2D eigenvalue weighted by molar-refractivity contribution is -0.137. The summed E-state index contributed by atoms with van der Waals surface area (Å²) in [5.74, 6) is 0. The molecule has 2 heterocycles. The van der Waals surface area contributed by atoms with E-state index in [0.717, 1.165) is 43.5 Å². The first kappa shape index (κ1) is 18.7. The molecule has 0 amide bonds. The average molecular weight is 389 g/mol. The Morgan fingerprint density at radius 2 is 1.92 bits per heavy atom. The Hall–Kier alpha value is -1.08. The van der Waals surface area contributed by atoms with Crippen molar-refractivity contribution in [2.75, 3.05) is 26.2 Å². The van der Waals surface area contributed by atoms with E-state index >= 15 is 0 Å². The van der Waals surface area contributed by atoms with Crippen LogP contribution in [0.2, 0.25) is 5.02 Å². The summed E-state index contributed by atoms with van der Waals surface area (Å²) < 4.78 is 39.6. The number of rotatable bonds is 4. The minimum Gasteiger partial charge on any atom is -0.314 e. The van der Waals surface area contributed by atoms with Crippen molar-refractivity contribution in [2.24, 2.45) is 0 Å². The van der Waals surface area contributed by atoms with Gasteiger partial charge in [-0.2, -0.15) is 13.2 Å². The number of aryl methyl sites for hydroxylation is 1. The molecule has 1 aromatic heterocycles. The van der Waals surface area contributed by atoms with E-state index in [1.165, 1.54) is 17.0 Å². The summed E-state index contributed by atoms with van der Waals surface area (Å²) in [7, 11) is 0. The molecule has 1 aromatic carbocycles. The number of thiophene rings is 1.